The lowest BCUT2D eigenvalue weighted by Crippen LogP contribution is -2.26. The van der Waals surface area contributed by atoms with Crippen LogP contribution in [0.1, 0.15) is 15.9 Å². The molecule has 2 aromatic rings. The van der Waals surface area contributed by atoms with Gasteiger partial charge in [-0.2, -0.15) is 0 Å². The van der Waals surface area contributed by atoms with Crippen LogP contribution in [0, 0.1) is 10.5 Å². The van der Waals surface area contributed by atoms with Crippen molar-refractivity contribution in [3.63, 3.8) is 0 Å². The normalized spacial score (nSPS) is 10.2. The first-order valence-corrected chi connectivity index (χ1v) is 6.77. The third-order valence-electron chi connectivity index (χ3n) is 2.78. The summed E-state index contributed by atoms with van der Waals surface area (Å²) in [4.78, 5) is 14.1. The summed E-state index contributed by atoms with van der Waals surface area (Å²) in [6, 6.07) is 15.5. The molecule has 0 saturated carbocycles. The van der Waals surface area contributed by atoms with Crippen molar-refractivity contribution in [2.75, 3.05) is 11.9 Å². The zero-order chi connectivity index (χ0) is 13.1. The molecule has 2 rings (SSSR count). The van der Waals surface area contributed by atoms with Gasteiger partial charge in [0.1, 0.15) is 0 Å². The first-order chi connectivity index (χ1) is 8.59. The Morgan fingerprint density at radius 1 is 1.11 bits per heavy atom. The van der Waals surface area contributed by atoms with Gasteiger partial charge in [-0.05, 0) is 53.8 Å². The molecule has 0 heterocycles. The van der Waals surface area contributed by atoms with Crippen molar-refractivity contribution in [2.24, 2.45) is 0 Å². The molecule has 2 aromatic carbocycles. The molecule has 0 fully saturated rings. The molecule has 3 heteroatoms. The number of aryl methyl sites for hydroxylation is 1. The summed E-state index contributed by atoms with van der Waals surface area (Å²) >= 11 is 2.24. The Morgan fingerprint density at radius 3 is 2.50 bits per heavy atom. The highest BCUT2D eigenvalue weighted by Crippen LogP contribution is 2.22. The van der Waals surface area contributed by atoms with E-state index in [4.69, 9.17) is 0 Å². The van der Waals surface area contributed by atoms with Gasteiger partial charge in [-0.25, -0.2) is 0 Å². The van der Waals surface area contributed by atoms with E-state index in [2.05, 4.69) is 22.6 Å². The second kappa shape index (κ2) is 5.52. The molecule has 0 bridgehead atoms. The molecule has 0 aromatic heterocycles. The van der Waals surface area contributed by atoms with Gasteiger partial charge < -0.3 is 4.90 Å². The Kier molecular flexibility index (Phi) is 4.01. The highest BCUT2D eigenvalue weighted by atomic mass is 127. The minimum Gasteiger partial charge on any atom is -0.310 e. The molecule has 92 valence electrons. The van der Waals surface area contributed by atoms with Crippen LogP contribution in [0.4, 0.5) is 5.69 Å². The van der Waals surface area contributed by atoms with E-state index in [9.17, 15) is 4.79 Å². The van der Waals surface area contributed by atoms with Crippen molar-refractivity contribution in [3.05, 3.63) is 63.2 Å². The monoisotopic (exact) mass is 351 g/mol. The number of para-hydroxylation sites is 1. The van der Waals surface area contributed by atoms with E-state index in [0.717, 1.165) is 20.4 Å². The van der Waals surface area contributed by atoms with E-state index in [1.54, 1.807) is 4.90 Å². The summed E-state index contributed by atoms with van der Waals surface area (Å²) in [6.45, 7) is 1.99. The predicted molar refractivity (Wildman–Crippen MR) is 83.1 cm³/mol. The Balaban J connectivity index is 2.32. The first-order valence-electron chi connectivity index (χ1n) is 5.69. The van der Waals surface area contributed by atoms with Crippen LogP contribution < -0.4 is 4.90 Å². The van der Waals surface area contributed by atoms with Crippen molar-refractivity contribution in [3.8, 4) is 0 Å². The number of benzene rings is 2. The topological polar surface area (TPSA) is 20.3 Å². The van der Waals surface area contributed by atoms with E-state index in [1.807, 2.05) is 62.5 Å². The van der Waals surface area contributed by atoms with Crippen molar-refractivity contribution >= 4 is 34.2 Å². The average Bonchev–Trinajstić information content (AvgIpc) is 2.37. The Morgan fingerprint density at radius 2 is 1.83 bits per heavy atom. The molecule has 0 aliphatic carbocycles. The molecular formula is C15H14INO. The predicted octanol–water partition coefficient (Wildman–Crippen LogP) is 3.88. The van der Waals surface area contributed by atoms with Crippen LogP contribution in [0.2, 0.25) is 0 Å². The van der Waals surface area contributed by atoms with Gasteiger partial charge in [0.25, 0.3) is 5.91 Å². The summed E-state index contributed by atoms with van der Waals surface area (Å²) in [6.07, 6.45) is 0. The number of hydrogen-bond acceptors (Lipinski definition) is 1. The number of carbonyl (C=O) groups excluding carboxylic acids is 1. The first kappa shape index (κ1) is 13.1. The van der Waals surface area contributed by atoms with Crippen LogP contribution >= 0.6 is 22.6 Å². The second-order valence-corrected chi connectivity index (χ2v) is 5.35. The van der Waals surface area contributed by atoms with Gasteiger partial charge >= 0.3 is 0 Å². The highest BCUT2D eigenvalue weighted by Gasteiger charge is 2.15. The molecule has 18 heavy (non-hydrogen) atoms. The lowest BCUT2D eigenvalue weighted by atomic mass is 10.1. The lowest BCUT2D eigenvalue weighted by Gasteiger charge is -2.19. The number of amides is 1. The smallest absolute Gasteiger partial charge is 0.258 e. The number of hydrogen-bond donors (Lipinski definition) is 0. The molecule has 2 nitrogen and oxygen atoms in total. The summed E-state index contributed by atoms with van der Waals surface area (Å²) in [5.41, 5.74) is 2.75. The maximum Gasteiger partial charge on any atom is 0.258 e. The van der Waals surface area contributed by atoms with Crippen molar-refractivity contribution in [1.82, 2.24) is 0 Å². The van der Waals surface area contributed by atoms with Gasteiger partial charge in [0.2, 0.25) is 0 Å². The fourth-order valence-corrected chi connectivity index (χ4v) is 2.55. The SMILES string of the molecule is Cc1cccc(C(=O)N(C)c2ccccc2I)c1. The molecule has 0 radical (unpaired) electrons. The number of halogens is 1. The van der Waals surface area contributed by atoms with Gasteiger partial charge in [-0.1, -0.05) is 29.8 Å². The molecule has 0 aliphatic heterocycles. The number of carbonyl (C=O) groups is 1. The van der Waals surface area contributed by atoms with E-state index >= 15 is 0 Å². The summed E-state index contributed by atoms with van der Waals surface area (Å²) in [7, 11) is 1.81. The number of rotatable bonds is 2. The zero-order valence-electron chi connectivity index (χ0n) is 10.4. The van der Waals surface area contributed by atoms with E-state index < -0.39 is 0 Å². The molecule has 1 amide bonds. The minimum absolute atomic E-state index is 0.0165. The average molecular weight is 351 g/mol. The van der Waals surface area contributed by atoms with Crippen LogP contribution in [0.3, 0.4) is 0 Å². The van der Waals surface area contributed by atoms with Crippen molar-refractivity contribution in [1.29, 1.82) is 0 Å². The van der Waals surface area contributed by atoms with Gasteiger partial charge in [0.05, 0.1) is 5.69 Å². The van der Waals surface area contributed by atoms with Gasteiger partial charge in [0.15, 0.2) is 0 Å². The zero-order valence-corrected chi connectivity index (χ0v) is 12.5. The van der Waals surface area contributed by atoms with Crippen molar-refractivity contribution < 1.29 is 4.79 Å². The molecular weight excluding hydrogens is 337 g/mol. The van der Waals surface area contributed by atoms with Gasteiger partial charge in [-0.15, -0.1) is 0 Å². The van der Waals surface area contributed by atoms with E-state index in [0.29, 0.717) is 0 Å². The minimum atomic E-state index is 0.0165. The molecule has 0 aliphatic rings. The summed E-state index contributed by atoms with van der Waals surface area (Å²) in [5, 5.41) is 0. The Hall–Kier alpha value is -1.36. The molecule has 0 unspecified atom stereocenters. The third-order valence-corrected chi connectivity index (χ3v) is 3.70. The fraction of sp³-hybridized carbons (Fsp3) is 0.133. The van der Waals surface area contributed by atoms with Crippen LogP contribution in [-0.4, -0.2) is 13.0 Å². The van der Waals surface area contributed by atoms with Crippen molar-refractivity contribution in [2.45, 2.75) is 6.92 Å². The van der Waals surface area contributed by atoms with Gasteiger partial charge in [0, 0.05) is 16.2 Å². The summed E-state index contributed by atoms with van der Waals surface area (Å²) in [5.74, 6) is 0.0165. The fourth-order valence-electron chi connectivity index (χ4n) is 1.80. The molecule has 0 N–H and O–H groups in total. The Labute approximate surface area is 121 Å². The van der Waals surface area contributed by atoms with Crippen LogP contribution in [0.5, 0.6) is 0 Å². The number of anilines is 1. The maximum absolute atomic E-state index is 12.4. The molecule has 0 spiro atoms. The lowest BCUT2D eigenvalue weighted by molar-refractivity contribution is 0.0993. The highest BCUT2D eigenvalue weighted by molar-refractivity contribution is 14.1. The number of nitrogens with zero attached hydrogens (tertiary/aromatic N) is 1. The van der Waals surface area contributed by atoms with Crippen LogP contribution in [0.25, 0.3) is 0 Å². The van der Waals surface area contributed by atoms with E-state index in [1.165, 1.54) is 0 Å². The quantitative estimate of drug-likeness (QED) is 0.752. The largest absolute Gasteiger partial charge is 0.310 e. The maximum atomic E-state index is 12.4. The van der Waals surface area contributed by atoms with Gasteiger partial charge in [-0.3, -0.25) is 4.79 Å². The standard InChI is InChI=1S/C15H14INO/c1-11-6-5-7-12(10-11)15(18)17(2)14-9-4-3-8-13(14)16/h3-10H,1-2H3. The Bertz CT molecular complexity index is 580. The second-order valence-electron chi connectivity index (χ2n) is 4.19. The van der Waals surface area contributed by atoms with Crippen LogP contribution in [0.15, 0.2) is 48.5 Å². The molecule has 0 atom stereocenters. The molecule has 0 saturated heterocycles. The van der Waals surface area contributed by atoms with Crippen LogP contribution in [-0.2, 0) is 0 Å². The third kappa shape index (κ3) is 2.72. The summed E-state index contributed by atoms with van der Waals surface area (Å²) < 4.78 is 1.07. The van der Waals surface area contributed by atoms with E-state index in [-0.39, 0.29) is 5.91 Å².